The Labute approximate surface area is 174 Å². The summed E-state index contributed by atoms with van der Waals surface area (Å²) in [6.45, 7) is 0. The molecule has 0 saturated heterocycles. The molecule has 4 aromatic rings. The van der Waals surface area contributed by atoms with Crippen LogP contribution < -0.4 is 10.5 Å². The lowest BCUT2D eigenvalue weighted by Gasteiger charge is -2.11. The van der Waals surface area contributed by atoms with Crippen molar-refractivity contribution < 1.29 is 12.8 Å². The minimum atomic E-state index is -3.96. The maximum absolute atomic E-state index is 15.3. The molecule has 4 rings (SSSR count). The third-order valence-corrected chi connectivity index (χ3v) is 6.35. The van der Waals surface area contributed by atoms with E-state index in [-0.39, 0.29) is 22.0 Å². The van der Waals surface area contributed by atoms with Crippen LogP contribution in [0, 0.1) is 5.82 Å². The number of aryl methyl sites for hydroxylation is 1. The summed E-state index contributed by atoms with van der Waals surface area (Å²) in [5.41, 5.74) is 7.03. The van der Waals surface area contributed by atoms with Gasteiger partial charge in [0.25, 0.3) is 10.0 Å². The fourth-order valence-electron chi connectivity index (χ4n) is 3.08. The second-order valence-corrected chi connectivity index (χ2v) is 8.94. The molecule has 0 aliphatic heterocycles. The van der Waals surface area contributed by atoms with Gasteiger partial charge in [-0.3, -0.25) is 4.72 Å². The largest absolute Gasteiger partial charge is 0.383 e. The fourth-order valence-corrected chi connectivity index (χ4v) is 4.40. The summed E-state index contributed by atoms with van der Waals surface area (Å²) in [6, 6.07) is 10.5. The van der Waals surface area contributed by atoms with Crippen molar-refractivity contribution in [1.29, 1.82) is 0 Å². The van der Waals surface area contributed by atoms with E-state index in [4.69, 9.17) is 5.73 Å². The lowest BCUT2D eigenvalue weighted by molar-refractivity contribution is 0.599. The van der Waals surface area contributed by atoms with E-state index in [0.717, 1.165) is 4.47 Å². The van der Waals surface area contributed by atoms with Gasteiger partial charge in [0.05, 0.1) is 16.0 Å². The number of nitrogens with one attached hydrogen (secondary N) is 1. The van der Waals surface area contributed by atoms with E-state index in [9.17, 15) is 8.42 Å². The van der Waals surface area contributed by atoms with Crippen molar-refractivity contribution in [2.75, 3.05) is 10.5 Å². The summed E-state index contributed by atoms with van der Waals surface area (Å²) >= 11 is 3.26. The van der Waals surface area contributed by atoms with Gasteiger partial charge >= 0.3 is 0 Å². The van der Waals surface area contributed by atoms with Crippen LogP contribution in [-0.2, 0) is 17.1 Å². The predicted octanol–water partition coefficient (Wildman–Crippen LogP) is 3.92. The molecule has 0 fully saturated rings. The van der Waals surface area contributed by atoms with E-state index in [1.165, 1.54) is 24.5 Å². The van der Waals surface area contributed by atoms with Crippen molar-refractivity contribution in [2.24, 2.45) is 7.05 Å². The standard InChI is InChI=1S/C19H15BrFN5O2S/c1-26-9-14(16-18(22)23-10-24-19(16)26)13-3-2-4-15(17(13)21)25-29(27,28)12-7-5-11(20)6-8-12/h2-10,25H,1H3,(H2,22,23,24). The molecule has 3 N–H and O–H groups in total. The second kappa shape index (κ2) is 7.12. The highest BCUT2D eigenvalue weighted by Crippen LogP contribution is 2.36. The first kappa shape index (κ1) is 19.3. The molecule has 10 heteroatoms. The maximum Gasteiger partial charge on any atom is 0.261 e. The zero-order valence-corrected chi connectivity index (χ0v) is 17.5. The topological polar surface area (TPSA) is 103 Å². The number of nitrogens with zero attached hydrogens (tertiary/aromatic N) is 3. The number of nitrogens with two attached hydrogens (primary N) is 1. The molecule has 0 radical (unpaired) electrons. The Bertz CT molecular complexity index is 1340. The van der Waals surface area contributed by atoms with Gasteiger partial charge in [0.2, 0.25) is 0 Å². The summed E-state index contributed by atoms with van der Waals surface area (Å²) in [6.07, 6.45) is 3.02. The Morgan fingerprint density at radius 2 is 1.83 bits per heavy atom. The van der Waals surface area contributed by atoms with Crippen molar-refractivity contribution >= 4 is 48.5 Å². The van der Waals surface area contributed by atoms with Gasteiger partial charge < -0.3 is 10.3 Å². The third kappa shape index (κ3) is 3.45. The van der Waals surface area contributed by atoms with Crippen LogP contribution in [0.2, 0.25) is 0 Å². The number of rotatable bonds is 4. The number of benzene rings is 2. The van der Waals surface area contributed by atoms with Crippen molar-refractivity contribution in [3.05, 3.63) is 65.3 Å². The molecule has 0 aliphatic rings. The predicted molar refractivity (Wildman–Crippen MR) is 113 cm³/mol. The van der Waals surface area contributed by atoms with Gasteiger partial charge in [-0.15, -0.1) is 0 Å². The molecule has 2 heterocycles. The smallest absolute Gasteiger partial charge is 0.261 e. The highest BCUT2D eigenvalue weighted by Gasteiger charge is 2.21. The summed E-state index contributed by atoms with van der Waals surface area (Å²) < 4.78 is 45.4. The van der Waals surface area contributed by atoms with Crippen LogP contribution in [-0.4, -0.2) is 23.0 Å². The quantitative estimate of drug-likeness (QED) is 0.465. The molecule has 0 spiro atoms. The molecule has 2 aromatic heterocycles. The molecule has 7 nitrogen and oxygen atoms in total. The molecule has 0 amide bonds. The van der Waals surface area contributed by atoms with Crippen LogP contribution in [0.3, 0.4) is 0 Å². The molecule has 0 saturated carbocycles. The molecular formula is C19H15BrFN5O2S. The lowest BCUT2D eigenvalue weighted by Crippen LogP contribution is -2.14. The first-order valence-electron chi connectivity index (χ1n) is 8.40. The molecular weight excluding hydrogens is 461 g/mol. The molecule has 0 atom stereocenters. The van der Waals surface area contributed by atoms with E-state index in [2.05, 4.69) is 30.6 Å². The molecule has 0 bridgehead atoms. The third-order valence-electron chi connectivity index (χ3n) is 4.44. The highest BCUT2D eigenvalue weighted by atomic mass is 79.9. The van der Waals surface area contributed by atoms with Crippen molar-refractivity contribution in [2.45, 2.75) is 4.90 Å². The van der Waals surface area contributed by atoms with Crippen LogP contribution in [0.4, 0.5) is 15.9 Å². The van der Waals surface area contributed by atoms with E-state index in [1.54, 1.807) is 42.1 Å². The van der Waals surface area contributed by atoms with Gasteiger partial charge in [-0.1, -0.05) is 28.1 Å². The zero-order valence-electron chi connectivity index (χ0n) is 15.1. The number of fused-ring (bicyclic) bond motifs is 1. The van der Waals surface area contributed by atoms with E-state index in [1.807, 2.05) is 0 Å². The summed E-state index contributed by atoms with van der Waals surface area (Å²) in [5, 5.41) is 0.502. The first-order valence-corrected chi connectivity index (χ1v) is 10.7. The number of aromatic nitrogens is 3. The Hall–Kier alpha value is -2.98. The minimum Gasteiger partial charge on any atom is -0.383 e. The van der Waals surface area contributed by atoms with Gasteiger partial charge in [0, 0.05) is 28.8 Å². The van der Waals surface area contributed by atoms with Crippen LogP contribution in [0.1, 0.15) is 0 Å². The van der Waals surface area contributed by atoms with E-state index >= 15 is 4.39 Å². The highest BCUT2D eigenvalue weighted by molar-refractivity contribution is 9.10. The SMILES string of the molecule is Cn1cc(-c2cccc(NS(=O)(=O)c3ccc(Br)cc3)c2F)c2c(N)ncnc21. The maximum atomic E-state index is 15.3. The number of hydrogen-bond donors (Lipinski definition) is 2. The average Bonchev–Trinajstić information content (AvgIpc) is 3.02. The number of halogens is 2. The Balaban J connectivity index is 1.81. The van der Waals surface area contributed by atoms with Gasteiger partial charge in [-0.05, 0) is 30.3 Å². The second-order valence-electron chi connectivity index (χ2n) is 6.34. The van der Waals surface area contributed by atoms with Gasteiger partial charge in [-0.25, -0.2) is 22.8 Å². The number of nitrogen functional groups attached to an aromatic ring is 1. The summed E-state index contributed by atoms with van der Waals surface area (Å²) in [5.74, 6) is -0.505. The lowest BCUT2D eigenvalue weighted by atomic mass is 10.0. The molecule has 29 heavy (non-hydrogen) atoms. The van der Waals surface area contributed by atoms with Gasteiger partial charge in [-0.2, -0.15) is 0 Å². The van der Waals surface area contributed by atoms with Crippen molar-refractivity contribution in [1.82, 2.24) is 14.5 Å². The van der Waals surface area contributed by atoms with Gasteiger partial charge in [0.15, 0.2) is 5.82 Å². The number of hydrogen-bond acceptors (Lipinski definition) is 5. The Kier molecular flexibility index (Phi) is 4.75. The number of sulfonamides is 1. The molecule has 148 valence electrons. The minimum absolute atomic E-state index is 0.0216. The number of anilines is 2. The fraction of sp³-hybridized carbons (Fsp3) is 0.0526. The monoisotopic (exact) mass is 475 g/mol. The summed E-state index contributed by atoms with van der Waals surface area (Å²) in [7, 11) is -2.20. The van der Waals surface area contributed by atoms with E-state index < -0.39 is 15.8 Å². The van der Waals surface area contributed by atoms with Crippen molar-refractivity contribution in [3.63, 3.8) is 0 Å². The van der Waals surface area contributed by atoms with Crippen LogP contribution in [0.5, 0.6) is 0 Å². The molecule has 0 aliphatic carbocycles. The van der Waals surface area contributed by atoms with Gasteiger partial charge in [0.1, 0.15) is 17.8 Å². The van der Waals surface area contributed by atoms with E-state index in [0.29, 0.717) is 16.6 Å². The molecule has 2 aromatic carbocycles. The zero-order chi connectivity index (χ0) is 20.8. The normalized spacial score (nSPS) is 11.7. The van der Waals surface area contributed by atoms with Crippen LogP contribution >= 0.6 is 15.9 Å². The van der Waals surface area contributed by atoms with Crippen LogP contribution in [0.15, 0.2) is 64.4 Å². The van der Waals surface area contributed by atoms with Crippen molar-refractivity contribution in [3.8, 4) is 11.1 Å². The average molecular weight is 476 g/mol. The first-order chi connectivity index (χ1) is 13.8. The Morgan fingerprint density at radius 3 is 2.55 bits per heavy atom. The van der Waals surface area contributed by atoms with Crippen LogP contribution in [0.25, 0.3) is 22.2 Å². The molecule has 0 unspecified atom stereocenters. The Morgan fingerprint density at radius 1 is 1.10 bits per heavy atom. The summed E-state index contributed by atoms with van der Waals surface area (Å²) in [4.78, 5) is 8.18.